The molecule has 2 aliphatic heterocycles. The minimum absolute atomic E-state index is 0.841. The molecule has 0 atom stereocenters. The average molecular weight is 204 g/mol. The summed E-state index contributed by atoms with van der Waals surface area (Å²) in [5.41, 5.74) is 1.11. The molecule has 0 aromatic heterocycles. The Kier molecular flexibility index (Phi) is 3.84. The summed E-state index contributed by atoms with van der Waals surface area (Å²) >= 11 is 0. The van der Waals surface area contributed by atoms with Crippen molar-refractivity contribution in [3.63, 3.8) is 0 Å². The molecule has 0 bridgehead atoms. The first kappa shape index (κ1) is 10.3. The highest BCUT2D eigenvalue weighted by Crippen LogP contribution is 1.98. The Balaban J connectivity index is 1.78. The second-order valence-electron chi connectivity index (χ2n) is 3.59. The van der Waals surface area contributed by atoms with E-state index in [4.69, 9.17) is 4.74 Å². The molecule has 0 radical (unpaired) electrons. The zero-order valence-corrected chi connectivity index (χ0v) is 8.83. The van der Waals surface area contributed by atoms with E-state index in [1.54, 1.807) is 0 Å². The smallest absolute Gasteiger partial charge is 0.0606 e. The number of hydrogen-bond acceptors (Lipinski definition) is 3. The number of morpholine rings is 1. The predicted molar refractivity (Wildman–Crippen MR) is 60.3 cm³/mol. The third kappa shape index (κ3) is 3.43. The fraction of sp³-hybridized carbons (Fsp3) is 0.500. The maximum absolute atomic E-state index is 5.28. The van der Waals surface area contributed by atoms with Gasteiger partial charge in [0.1, 0.15) is 0 Å². The van der Waals surface area contributed by atoms with E-state index < -0.39 is 0 Å². The predicted octanol–water partition coefficient (Wildman–Crippen LogP) is 0.365. The Hall–Kier alpha value is -1.24. The largest absolute Gasteiger partial charge is 0.387 e. The lowest BCUT2D eigenvalue weighted by molar-refractivity contribution is 0.0443. The summed E-state index contributed by atoms with van der Waals surface area (Å²) in [7, 11) is 0. The Morgan fingerprint density at radius 2 is 2.27 bits per heavy atom. The number of nitrogens with one attached hydrogen (secondary N) is 1. The summed E-state index contributed by atoms with van der Waals surface area (Å²) in [4.78, 5) is 2.32. The van der Waals surface area contributed by atoms with Gasteiger partial charge in [-0.3, -0.25) is 4.90 Å². The van der Waals surface area contributed by atoms with Gasteiger partial charge in [-0.1, -0.05) is 11.8 Å². The van der Waals surface area contributed by atoms with Crippen LogP contribution in [0.3, 0.4) is 0 Å². The average Bonchev–Trinajstić information content (AvgIpc) is 2.32. The molecule has 0 unspecified atom stereocenters. The summed E-state index contributed by atoms with van der Waals surface area (Å²) in [5, 5.41) is 3.10. The van der Waals surface area contributed by atoms with Gasteiger partial charge in [-0.05, 0) is 18.4 Å². The van der Waals surface area contributed by atoms with Gasteiger partial charge in [0.2, 0.25) is 0 Å². The highest BCUT2D eigenvalue weighted by atomic mass is 16.5. The van der Waals surface area contributed by atoms with Gasteiger partial charge in [0.15, 0.2) is 0 Å². The van der Waals surface area contributed by atoms with Crippen molar-refractivity contribution in [1.82, 2.24) is 10.2 Å². The third-order valence-electron chi connectivity index (χ3n) is 2.46. The Morgan fingerprint density at radius 1 is 1.40 bits per heavy atom. The molecule has 0 amide bonds. The summed E-state index contributed by atoms with van der Waals surface area (Å²) < 4.78 is 5.28. The first-order valence-corrected chi connectivity index (χ1v) is 5.34. The van der Waals surface area contributed by atoms with Crippen molar-refractivity contribution >= 4 is 0 Å². The molecule has 1 saturated heterocycles. The van der Waals surface area contributed by atoms with Gasteiger partial charge < -0.3 is 10.1 Å². The lowest BCUT2D eigenvalue weighted by Crippen LogP contribution is -2.36. The van der Waals surface area contributed by atoms with Crippen molar-refractivity contribution in [1.29, 1.82) is 0 Å². The van der Waals surface area contributed by atoms with Crippen molar-refractivity contribution in [2.75, 3.05) is 39.4 Å². The Labute approximate surface area is 90.8 Å². The second kappa shape index (κ2) is 5.59. The molecule has 3 nitrogen and oxygen atoms in total. The zero-order chi connectivity index (χ0) is 10.3. The van der Waals surface area contributed by atoms with Gasteiger partial charge in [-0.15, -0.1) is 0 Å². The SMILES string of the molecule is C(#CC1=CCNC=C1)CN1CCOCC1. The molecule has 3 heteroatoms. The quantitative estimate of drug-likeness (QED) is 0.624. The van der Waals surface area contributed by atoms with Crippen LogP contribution in [0.1, 0.15) is 0 Å². The molecule has 0 spiro atoms. The summed E-state index contributed by atoms with van der Waals surface area (Å²) in [5.74, 6) is 6.37. The minimum atomic E-state index is 0.841. The number of allylic oxidation sites excluding steroid dienone is 2. The zero-order valence-electron chi connectivity index (χ0n) is 8.83. The van der Waals surface area contributed by atoms with E-state index in [-0.39, 0.29) is 0 Å². The fourth-order valence-corrected chi connectivity index (χ4v) is 1.56. The van der Waals surface area contributed by atoms with E-state index in [0.717, 1.165) is 45.0 Å². The molecule has 2 rings (SSSR count). The molecule has 0 saturated carbocycles. The van der Waals surface area contributed by atoms with Crippen molar-refractivity contribution in [2.45, 2.75) is 0 Å². The van der Waals surface area contributed by atoms with Crippen LogP contribution in [0, 0.1) is 11.8 Å². The van der Waals surface area contributed by atoms with Gasteiger partial charge in [-0.25, -0.2) is 0 Å². The third-order valence-corrected chi connectivity index (χ3v) is 2.46. The van der Waals surface area contributed by atoms with Crippen LogP contribution in [0.5, 0.6) is 0 Å². The van der Waals surface area contributed by atoms with Crippen molar-refractivity contribution in [3.8, 4) is 11.8 Å². The molecule has 80 valence electrons. The van der Waals surface area contributed by atoms with Gasteiger partial charge in [-0.2, -0.15) is 0 Å². The standard InChI is InChI=1S/C12H16N2O/c1(2-12-3-5-13-6-4-12)7-14-8-10-15-11-9-14/h3-5,13H,6-11H2. The molecule has 15 heavy (non-hydrogen) atoms. The summed E-state index contributed by atoms with van der Waals surface area (Å²) in [6.45, 7) is 5.43. The first-order chi connectivity index (χ1) is 7.45. The number of ether oxygens (including phenoxy) is 1. The molecule has 2 heterocycles. The fourth-order valence-electron chi connectivity index (χ4n) is 1.56. The second-order valence-corrected chi connectivity index (χ2v) is 3.59. The van der Waals surface area contributed by atoms with Crippen LogP contribution in [0.2, 0.25) is 0 Å². The highest BCUT2D eigenvalue weighted by Gasteiger charge is 2.07. The molecular formula is C12H16N2O. The van der Waals surface area contributed by atoms with E-state index in [2.05, 4.69) is 28.1 Å². The van der Waals surface area contributed by atoms with E-state index in [1.165, 1.54) is 0 Å². The van der Waals surface area contributed by atoms with Crippen LogP contribution in [0.15, 0.2) is 23.9 Å². The lowest BCUT2D eigenvalue weighted by Gasteiger charge is -2.24. The van der Waals surface area contributed by atoms with E-state index in [1.807, 2.05) is 12.3 Å². The highest BCUT2D eigenvalue weighted by molar-refractivity contribution is 5.39. The van der Waals surface area contributed by atoms with Crippen LogP contribution >= 0.6 is 0 Å². The maximum Gasteiger partial charge on any atom is 0.0606 e. The maximum atomic E-state index is 5.28. The van der Waals surface area contributed by atoms with Gasteiger partial charge >= 0.3 is 0 Å². The molecular weight excluding hydrogens is 188 g/mol. The van der Waals surface area contributed by atoms with E-state index >= 15 is 0 Å². The normalized spacial score (nSPS) is 21.2. The molecule has 1 N–H and O–H groups in total. The van der Waals surface area contributed by atoms with Crippen molar-refractivity contribution in [2.24, 2.45) is 0 Å². The number of nitrogens with zero attached hydrogens (tertiary/aromatic N) is 1. The van der Waals surface area contributed by atoms with Gasteiger partial charge in [0.25, 0.3) is 0 Å². The Morgan fingerprint density at radius 3 is 3.00 bits per heavy atom. The summed E-state index contributed by atoms with van der Waals surface area (Å²) in [6.07, 6.45) is 6.06. The molecule has 0 aliphatic carbocycles. The molecule has 1 fully saturated rings. The van der Waals surface area contributed by atoms with Crippen LogP contribution in [0.4, 0.5) is 0 Å². The minimum Gasteiger partial charge on any atom is -0.387 e. The van der Waals surface area contributed by atoms with Crippen molar-refractivity contribution < 1.29 is 4.74 Å². The van der Waals surface area contributed by atoms with Crippen LogP contribution in [-0.2, 0) is 4.74 Å². The van der Waals surface area contributed by atoms with Crippen LogP contribution in [0.25, 0.3) is 0 Å². The van der Waals surface area contributed by atoms with Gasteiger partial charge in [0.05, 0.1) is 19.8 Å². The van der Waals surface area contributed by atoms with Crippen molar-refractivity contribution in [3.05, 3.63) is 23.9 Å². The Bertz CT molecular complexity index is 316. The number of hydrogen-bond donors (Lipinski definition) is 1. The number of rotatable bonds is 1. The molecule has 0 aromatic rings. The molecule has 0 aromatic carbocycles. The number of dihydropyridines is 1. The lowest BCUT2D eigenvalue weighted by atomic mass is 10.2. The summed E-state index contributed by atoms with van der Waals surface area (Å²) in [6, 6.07) is 0. The topological polar surface area (TPSA) is 24.5 Å². The first-order valence-electron chi connectivity index (χ1n) is 5.34. The van der Waals surface area contributed by atoms with Crippen LogP contribution < -0.4 is 5.32 Å². The van der Waals surface area contributed by atoms with E-state index in [0.29, 0.717) is 0 Å². The molecule has 2 aliphatic rings. The van der Waals surface area contributed by atoms with Crippen LogP contribution in [-0.4, -0.2) is 44.3 Å². The van der Waals surface area contributed by atoms with Gasteiger partial charge in [0, 0.05) is 25.2 Å². The van der Waals surface area contributed by atoms with E-state index in [9.17, 15) is 0 Å². The monoisotopic (exact) mass is 204 g/mol.